The Morgan fingerprint density at radius 3 is 2.53 bits per heavy atom. The van der Waals surface area contributed by atoms with Crippen LogP contribution in [0.1, 0.15) is 76.8 Å². The van der Waals surface area contributed by atoms with E-state index < -0.39 is 81.2 Å². The first kappa shape index (κ1) is 38.0. The number of ether oxygens (including phenoxy) is 2. The molecule has 1 aromatic carbocycles. The van der Waals surface area contributed by atoms with Gasteiger partial charge in [0.15, 0.2) is 0 Å². The maximum Gasteiger partial charge on any atom is 0.410 e. The number of hydrogen-bond acceptors (Lipinski definition) is 9. The fourth-order valence-electron chi connectivity index (χ4n) is 6.64. The highest BCUT2D eigenvalue weighted by Gasteiger charge is 2.62. The molecule has 0 bridgehead atoms. The van der Waals surface area contributed by atoms with E-state index in [9.17, 15) is 36.8 Å². The van der Waals surface area contributed by atoms with Crippen molar-refractivity contribution in [2.45, 2.75) is 108 Å². The number of fused-ring (bicyclic) bond motifs is 3. The lowest BCUT2D eigenvalue weighted by Gasteiger charge is -2.30. The number of amides is 5. The van der Waals surface area contributed by atoms with Gasteiger partial charge in [-0.3, -0.25) is 19.3 Å². The molecule has 0 spiro atoms. The van der Waals surface area contributed by atoms with Gasteiger partial charge in [0.1, 0.15) is 35.1 Å². The van der Waals surface area contributed by atoms with Crippen LogP contribution in [0.15, 0.2) is 30.4 Å². The minimum Gasteiger partial charge on any atom is -0.444 e. The normalized spacial score (nSPS) is 27.6. The fraction of sp³-hybridized carbons (Fsp3) is 0.618. The summed E-state index contributed by atoms with van der Waals surface area (Å²) in [5, 5.41) is 5.40. The molecule has 3 aliphatic heterocycles. The second-order valence-electron chi connectivity index (χ2n) is 14.7. The molecule has 5 atom stereocenters. The van der Waals surface area contributed by atoms with Crippen molar-refractivity contribution in [3.8, 4) is 0 Å². The van der Waals surface area contributed by atoms with E-state index in [0.29, 0.717) is 30.4 Å². The molecule has 3 N–H and O–H groups in total. The molecule has 0 unspecified atom stereocenters. The van der Waals surface area contributed by atoms with E-state index in [1.165, 1.54) is 30.0 Å². The molecule has 1 aromatic rings. The van der Waals surface area contributed by atoms with Crippen molar-refractivity contribution in [3.63, 3.8) is 0 Å². The maximum atomic E-state index is 14.4. The molecule has 51 heavy (non-hydrogen) atoms. The van der Waals surface area contributed by atoms with E-state index in [0.717, 1.165) is 10.7 Å². The predicted octanol–water partition coefficient (Wildman–Crippen LogP) is 2.46. The van der Waals surface area contributed by atoms with E-state index >= 15 is 0 Å². The summed E-state index contributed by atoms with van der Waals surface area (Å²) >= 11 is 0. The summed E-state index contributed by atoms with van der Waals surface area (Å²) in [4.78, 5) is 70.6. The van der Waals surface area contributed by atoms with Gasteiger partial charge in [-0.25, -0.2) is 18.7 Å². The Hall–Kier alpha value is -4.25. The van der Waals surface area contributed by atoms with Gasteiger partial charge in [0.05, 0.1) is 13.1 Å². The Morgan fingerprint density at radius 1 is 1.10 bits per heavy atom. The number of carbonyl (C=O) groups excluding carboxylic acids is 5. The number of carbonyl (C=O) groups is 5. The highest BCUT2D eigenvalue weighted by atomic mass is 32.2. The number of allylic oxidation sites excluding steroid dienone is 1. The third kappa shape index (κ3) is 8.80. The van der Waals surface area contributed by atoms with Crippen LogP contribution in [0.2, 0.25) is 0 Å². The van der Waals surface area contributed by atoms with Gasteiger partial charge in [0.2, 0.25) is 11.8 Å². The van der Waals surface area contributed by atoms with Crippen LogP contribution >= 0.6 is 0 Å². The first-order valence-corrected chi connectivity index (χ1v) is 18.6. The minimum absolute atomic E-state index is 0.00953. The number of halogens is 1. The third-order valence-corrected chi connectivity index (χ3v) is 10.9. The molecular weight excluding hydrogens is 687 g/mol. The molecule has 4 aliphatic rings. The summed E-state index contributed by atoms with van der Waals surface area (Å²) in [7, 11) is -1.68. The van der Waals surface area contributed by atoms with Crippen LogP contribution in [-0.2, 0) is 47.2 Å². The molecule has 3 heterocycles. The van der Waals surface area contributed by atoms with E-state index in [-0.39, 0.29) is 38.9 Å². The number of nitrogens with zero attached hydrogens (tertiary/aromatic N) is 3. The van der Waals surface area contributed by atoms with Gasteiger partial charge in [0, 0.05) is 38.5 Å². The molecule has 1 saturated heterocycles. The Kier molecular flexibility index (Phi) is 11.0. The summed E-state index contributed by atoms with van der Waals surface area (Å²) in [6.07, 6.45) is 4.00. The zero-order chi connectivity index (χ0) is 37.3. The average Bonchev–Trinajstić information content (AvgIpc) is 3.33. The molecular formula is C34H47FN6O9S. The minimum atomic E-state index is -4.20. The van der Waals surface area contributed by atoms with Crippen molar-refractivity contribution < 1.29 is 46.3 Å². The monoisotopic (exact) mass is 734 g/mol. The van der Waals surface area contributed by atoms with Crippen molar-refractivity contribution in [1.29, 1.82) is 0 Å². The largest absolute Gasteiger partial charge is 0.444 e. The van der Waals surface area contributed by atoms with Crippen molar-refractivity contribution in [2.24, 2.45) is 5.92 Å². The highest BCUT2D eigenvalue weighted by molar-refractivity contribution is 7.87. The van der Waals surface area contributed by atoms with Crippen molar-refractivity contribution in [3.05, 3.63) is 47.3 Å². The third-order valence-electron chi connectivity index (χ3n) is 9.49. The smallest absolute Gasteiger partial charge is 0.410 e. The number of benzene rings is 1. The van der Waals surface area contributed by atoms with Crippen LogP contribution in [0, 0.1) is 11.7 Å². The van der Waals surface area contributed by atoms with Gasteiger partial charge < -0.3 is 25.0 Å². The van der Waals surface area contributed by atoms with Gasteiger partial charge >= 0.3 is 22.4 Å². The summed E-state index contributed by atoms with van der Waals surface area (Å²) < 4.78 is 53.7. The van der Waals surface area contributed by atoms with Gasteiger partial charge in [0.25, 0.3) is 5.91 Å². The average molecular weight is 735 g/mol. The van der Waals surface area contributed by atoms with Crippen LogP contribution in [-0.4, -0.2) is 102 Å². The Bertz CT molecular complexity index is 1700. The molecule has 1 saturated carbocycles. The van der Waals surface area contributed by atoms with E-state index in [2.05, 4.69) is 10.6 Å². The van der Waals surface area contributed by atoms with Crippen LogP contribution in [0.25, 0.3) is 0 Å². The topological polar surface area (TPSA) is 184 Å². The second kappa shape index (κ2) is 14.8. The van der Waals surface area contributed by atoms with Crippen LogP contribution in [0.5, 0.6) is 0 Å². The standard InChI is InChI=1S/C34H47FN6O9S/c1-33(2,3)50-31(45)36-26-15-10-8-6-7-9-13-22-17-34(22,30(44)38-51(47,48)39(4)5)37-28(42)27-16-23(19-41(27)29(26)43)49-32(46)40-18-21-12-11-14-25(35)24(21)20-40/h9,11-14,22-23,26-27H,6-8,10,15-20H2,1-5H3,(H,36,45)(H,37,42)(H,38,44)/b13-9-/t22-,23-,26+,27+,34-/m1/s1. The predicted molar refractivity (Wildman–Crippen MR) is 181 cm³/mol. The summed E-state index contributed by atoms with van der Waals surface area (Å²) in [6, 6.07) is 2.25. The van der Waals surface area contributed by atoms with E-state index in [1.54, 1.807) is 39.0 Å². The summed E-state index contributed by atoms with van der Waals surface area (Å²) in [5.41, 5.74) is -1.43. The maximum absolute atomic E-state index is 14.4. The number of nitrogens with one attached hydrogen (secondary N) is 3. The summed E-state index contributed by atoms with van der Waals surface area (Å²) in [6.45, 7) is 4.97. The molecule has 0 radical (unpaired) electrons. The SMILES string of the molecule is CN(C)S(=O)(=O)NC(=O)[C@@]12C[C@H]1/C=C\CCCCC[C@H](NC(=O)OC(C)(C)C)C(=O)N1C[C@H](OC(=O)N3Cc4cccc(F)c4C3)C[C@H]1C(=O)N2. The van der Waals surface area contributed by atoms with Crippen molar-refractivity contribution in [1.82, 2.24) is 29.5 Å². The molecule has 280 valence electrons. The van der Waals surface area contributed by atoms with E-state index in [4.69, 9.17) is 9.47 Å². The first-order valence-electron chi connectivity index (χ1n) is 17.2. The van der Waals surface area contributed by atoms with Crippen LogP contribution in [0.4, 0.5) is 14.0 Å². The zero-order valence-electron chi connectivity index (χ0n) is 29.6. The zero-order valence-corrected chi connectivity index (χ0v) is 30.4. The first-order chi connectivity index (χ1) is 23.9. The van der Waals surface area contributed by atoms with Crippen molar-refractivity contribution >= 4 is 40.1 Å². The summed E-state index contributed by atoms with van der Waals surface area (Å²) in [5.74, 6) is -3.24. The molecule has 1 aliphatic carbocycles. The molecule has 17 heteroatoms. The lowest BCUT2D eigenvalue weighted by Crippen LogP contribution is -2.58. The van der Waals surface area contributed by atoms with Gasteiger partial charge in [-0.15, -0.1) is 0 Å². The quantitative estimate of drug-likeness (QED) is 0.383. The molecule has 5 rings (SSSR count). The Balaban J connectivity index is 1.41. The fourth-order valence-corrected chi connectivity index (χ4v) is 7.24. The molecule has 15 nitrogen and oxygen atoms in total. The number of alkyl carbamates (subject to hydrolysis) is 1. The Morgan fingerprint density at radius 2 is 1.84 bits per heavy atom. The second-order valence-corrected chi connectivity index (χ2v) is 16.6. The lowest BCUT2D eigenvalue weighted by atomic mass is 10.0. The number of rotatable bonds is 5. The van der Waals surface area contributed by atoms with Gasteiger partial charge in [-0.2, -0.15) is 12.7 Å². The highest BCUT2D eigenvalue weighted by Crippen LogP contribution is 2.46. The molecule has 2 fully saturated rings. The Labute approximate surface area is 297 Å². The van der Waals surface area contributed by atoms with E-state index in [1.807, 2.05) is 10.8 Å². The lowest BCUT2D eigenvalue weighted by molar-refractivity contribution is -0.141. The van der Waals surface area contributed by atoms with Crippen LogP contribution in [0.3, 0.4) is 0 Å². The van der Waals surface area contributed by atoms with Gasteiger partial charge in [-0.1, -0.05) is 37.1 Å². The number of hydrogen-bond donors (Lipinski definition) is 3. The van der Waals surface area contributed by atoms with Gasteiger partial charge in [-0.05, 0) is 58.1 Å². The van der Waals surface area contributed by atoms with Crippen LogP contribution < -0.4 is 15.4 Å². The van der Waals surface area contributed by atoms with Crippen molar-refractivity contribution in [2.75, 3.05) is 20.6 Å². The molecule has 0 aromatic heterocycles. The molecule has 5 amide bonds.